The molecular formula is C20H22FN5O. The second-order valence-electron chi connectivity index (χ2n) is 6.82. The zero-order valence-corrected chi connectivity index (χ0v) is 15.0. The number of likely N-dealkylation sites (tertiary alicyclic amines) is 1. The molecule has 2 amide bonds. The third-order valence-corrected chi connectivity index (χ3v) is 4.96. The highest BCUT2D eigenvalue weighted by molar-refractivity contribution is 5.75. The lowest BCUT2D eigenvalue weighted by molar-refractivity contribution is 0.151. The van der Waals surface area contributed by atoms with E-state index >= 15 is 0 Å². The molecule has 6 nitrogen and oxygen atoms in total. The third-order valence-electron chi connectivity index (χ3n) is 4.96. The number of carbonyl (C=O) groups is 1. The second-order valence-corrected chi connectivity index (χ2v) is 6.82. The summed E-state index contributed by atoms with van der Waals surface area (Å²) in [7, 11) is 0. The lowest BCUT2D eigenvalue weighted by Gasteiger charge is -2.35. The number of aromatic amines is 1. The molecule has 0 unspecified atom stereocenters. The van der Waals surface area contributed by atoms with E-state index in [-0.39, 0.29) is 17.9 Å². The number of aromatic nitrogens is 3. The Morgan fingerprint density at radius 2 is 2.26 bits per heavy atom. The first-order valence-electron chi connectivity index (χ1n) is 9.29. The zero-order chi connectivity index (χ0) is 18.6. The maximum Gasteiger partial charge on any atom is 0.317 e. The van der Waals surface area contributed by atoms with Crippen LogP contribution in [0, 0.1) is 5.82 Å². The number of H-pyrrole nitrogens is 1. The van der Waals surface area contributed by atoms with E-state index in [0.29, 0.717) is 18.5 Å². The predicted molar refractivity (Wildman–Crippen MR) is 101 cm³/mol. The minimum absolute atomic E-state index is 0.0642. The van der Waals surface area contributed by atoms with Gasteiger partial charge < -0.3 is 15.2 Å². The van der Waals surface area contributed by atoms with Gasteiger partial charge >= 0.3 is 6.03 Å². The predicted octanol–water partition coefficient (Wildman–Crippen LogP) is 3.58. The quantitative estimate of drug-likeness (QED) is 0.740. The van der Waals surface area contributed by atoms with Crippen molar-refractivity contribution in [2.45, 2.75) is 31.7 Å². The van der Waals surface area contributed by atoms with E-state index in [1.54, 1.807) is 12.3 Å². The summed E-state index contributed by atoms with van der Waals surface area (Å²) < 4.78 is 13.3. The van der Waals surface area contributed by atoms with Crippen LogP contribution in [0.3, 0.4) is 0 Å². The van der Waals surface area contributed by atoms with Crippen LogP contribution in [0.25, 0.3) is 11.0 Å². The van der Waals surface area contributed by atoms with E-state index in [0.717, 1.165) is 42.7 Å². The molecule has 2 aromatic heterocycles. The minimum atomic E-state index is -0.294. The number of fused-ring (bicyclic) bond motifs is 1. The number of carbonyl (C=O) groups excluding carboxylic acids is 1. The van der Waals surface area contributed by atoms with E-state index in [9.17, 15) is 9.18 Å². The van der Waals surface area contributed by atoms with Crippen molar-refractivity contribution in [2.24, 2.45) is 0 Å². The molecule has 27 heavy (non-hydrogen) atoms. The van der Waals surface area contributed by atoms with Gasteiger partial charge in [0.05, 0.1) is 17.1 Å². The number of urea groups is 1. The van der Waals surface area contributed by atoms with Crippen LogP contribution < -0.4 is 5.32 Å². The van der Waals surface area contributed by atoms with Crippen molar-refractivity contribution in [3.8, 4) is 0 Å². The van der Waals surface area contributed by atoms with Gasteiger partial charge in [0.1, 0.15) is 11.6 Å². The van der Waals surface area contributed by atoms with E-state index in [1.165, 1.54) is 12.1 Å². The lowest BCUT2D eigenvalue weighted by atomic mass is 9.97. The molecule has 1 atom stereocenters. The summed E-state index contributed by atoms with van der Waals surface area (Å²) in [6.45, 7) is 1.21. The Balaban J connectivity index is 1.37. The molecule has 2 N–H and O–H groups in total. The van der Waals surface area contributed by atoms with Crippen LogP contribution in [-0.4, -0.2) is 39.0 Å². The Bertz CT molecular complexity index is 927. The monoisotopic (exact) mass is 367 g/mol. The van der Waals surface area contributed by atoms with Crippen LogP contribution in [0.2, 0.25) is 0 Å². The van der Waals surface area contributed by atoms with Crippen LogP contribution in [0.5, 0.6) is 0 Å². The zero-order valence-electron chi connectivity index (χ0n) is 15.0. The maximum atomic E-state index is 13.3. The SMILES string of the molecule is O=C(NCCc1nc2ccc(F)cc2[nH]1)N1CCCC[C@H]1c1cccnc1. The number of halogens is 1. The van der Waals surface area contributed by atoms with Crippen LogP contribution in [0.15, 0.2) is 42.7 Å². The highest BCUT2D eigenvalue weighted by Crippen LogP contribution is 2.30. The van der Waals surface area contributed by atoms with Gasteiger partial charge in [0, 0.05) is 31.9 Å². The number of nitrogens with one attached hydrogen (secondary N) is 2. The number of pyridine rings is 1. The summed E-state index contributed by atoms with van der Waals surface area (Å²) in [5, 5.41) is 2.99. The fourth-order valence-electron chi connectivity index (χ4n) is 3.64. The molecule has 140 valence electrons. The van der Waals surface area contributed by atoms with E-state index in [1.807, 2.05) is 23.2 Å². The van der Waals surface area contributed by atoms with Crippen LogP contribution >= 0.6 is 0 Å². The molecule has 4 rings (SSSR count). The van der Waals surface area contributed by atoms with E-state index in [4.69, 9.17) is 0 Å². The molecule has 1 aliphatic heterocycles. The second kappa shape index (κ2) is 7.73. The third kappa shape index (κ3) is 3.92. The molecule has 0 saturated carbocycles. The van der Waals surface area contributed by atoms with Gasteiger partial charge in [-0.3, -0.25) is 4.98 Å². The number of piperidine rings is 1. The van der Waals surface area contributed by atoms with Crippen molar-refractivity contribution in [3.05, 3.63) is 59.9 Å². The molecule has 3 aromatic rings. The highest BCUT2D eigenvalue weighted by Gasteiger charge is 2.27. The Morgan fingerprint density at radius 3 is 3.11 bits per heavy atom. The summed E-state index contributed by atoms with van der Waals surface area (Å²) >= 11 is 0. The standard InChI is InChI=1S/C20H22FN5O/c21-15-6-7-16-17(12-15)25-19(24-16)8-10-23-20(27)26-11-2-1-5-18(26)14-4-3-9-22-13-14/h3-4,6-7,9,12-13,18H,1-2,5,8,10-11H2,(H,23,27)(H,24,25)/t18-/m0/s1. The van der Waals surface area contributed by atoms with Gasteiger partial charge in [-0.05, 0) is 49.1 Å². The first-order chi connectivity index (χ1) is 13.2. The molecule has 0 bridgehead atoms. The van der Waals surface area contributed by atoms with E-state index < -0.39 is 0 Å². The molecule has 3 heterocycles. The topological polar surface area (TPSA) is 73.9 Å². The Hall–Kier alpha value is -2.96. The van der Waals surface area contributed by atoms with Crippen molar-refractivity contribution < 1.29 is 9.18 Å². The summed E-state index contributed by atoms with van der Waals surface area (Å²) in [5.41, 5.74) is 2.47. The number of nitrogens with zero attached hydrogens (tertiary/aromatic N) is 3. The molecule has 0 radical (unpaired) electrons. The summed E-state index contributed by atoms with van der Waals surface area (Å²) in [5.74, 6) is 0.441. The van der Waals surface area contributed by atoms with Crippen molar-refractivity contribution in [2.75, 3.05) is 13.1 Å². The normalized spacial score (nSPS) is 17.2. The maximum absolute atomic E-state index is 13.3. The van der Waals surface area contributed by atoms with Crippen molar-refractivity contribution in [3.63, 3.8) is 0 Å². The molecule has 1 aliphatic rings. The average molecular weight is 367 g/mol. The molecule has 1 fully saturated rings. The number of rotatable bonds is 4. The highest BCUT2D eigenvalue weighted by atomic mass is 19.1. The number of amides is 2. The Morgan fingerprint density at radius 1 is 1.33 bits per heavy atom. The number of hydrogen-bond acceptors (Lipinski definition) is 3. The molecule has 1 saturated heterocycles. The van der Waals surface area contributed by atoms with Gasteiger partial charge in [-0.2, -0.15) is 0 Å². The minimum Gasteiger partial charge on any atom is -0.342 e. The Labute approximate surface area is 156 Å². The summed E-state index contributed by atoms with van der Waals surface area (Å²) in [4.78, 5) is 26.3. The van der Waals surface area contributed by atoms with Crippen LogP contribution in [0.1, 0.15) is 36.7 Å². The smallest absolute Gasteiger partial charge is 0.317 e. The Kier molecular flexibility index (Phi) is 5.00. The van der Waals surface area contributed by atoms with Gasteiger partial charge in [-0.15, -0.1) is 0 Å². The molecular weight excluding hydrogens is 345 g/mol. The number of imidazole rings is 1. The summed E-state index contributed by atoms with van der Waals surface area (Å²) in [6.07, 6.45) is 7.22. The van der Waals surface area contributed by atoms with Crippen molar-refractivity contribution in [1.82, 2.24) is 25.2 Å². The average Bonchev–Trinajstić information content (AvgIpc) is 3.10. The van der Waals surface area contributed by atoms with Gasteiger partial charge in [0.25, 0.3) is 0 Å². The molecule has 0 spiro atoms. The van der Waals surface area contributed by atoms with Crippen molar-refractivity contribution in [1.29, 1.82) is 0 Å². The largest absolute Gasteiger partial charge is 0.342 e. The lowest BCUT2D eigenvalue weighted by Crippen LogP contribution is -2.45. The van der Waals surface area contributed by atoms with Gasteiger partial charge in [0.2, 0.25) is 0 Å². The first kappa shape index (κ1) is 17.5. The fraction of sp³-hybridized carbons (Fsp3) is 0.350. The molecule has 1 aromatic carbocycles. The van der Waals surface area contributed by atoms with Gasteiger partial charge in [-0.25, -0.2) is 14.2 Å². The van der Waals surface area contributed by atoms with Gasteiger partial charge in [0.15, 0.2) is 0 Å². The fourth-order valence-corrected chi connectivity index (χ4v) is 3.64. The molecule has 7 heteroatoms. The van der Waals surface area contributed by atoms with Crippen molar-refractivity contribution >= 4 is 17.1 Å². The summed E-state index contributed by atoms with van der Waals surface area (Å²) in [6, 6.07) is 8.41. The van der Waals surface area contributed by atoms with E-state index in [2.05, 4.69) is 20.3 Å². The van der Waals surface area contributed by atoms with Crippen LogP contribution in [0.4, 0.5) is 9.18 Å². The number of hydrogen-bond donors (Lipinski definition) is 2. The molecule has 0 aliphatic carbocycles. The van der Waals surface area contributed by atoms with Gasteiger partial charge in [-0.1, -0.05) is 6.07 Å². The number of benzene rings is 1. The van der Waals surface area contributed by atoms with Crippen LogP contribution in [-0.2, 0) is 6.42 Å². The first-order valence-corrected chi connectivity index (χ1v) is 9.29.